The number of hydrogen-bond donors (Lipinski definition) is 2. The molecule has 1 aliphatic rings. The van der Waals surface area contributed by atoms with E-state index in [1.165, 1.54) is 14.2 Å². The molecule has 6 heteroatoms. The highest BCUT2D eigenvalue weighted by atomic mass is 16.5. The first-order valence-corrected chi connectivity index (χ1v) is 6.56. The zero-order chi connectivity index (χ0) is 14.7. The Kier molecular flexibility index (Phi) is 4.34. The van der Waals surface area contributed by atoms with Crippen molar-refractivity contribution in [3.05, 3.63) is 17.7 Å². The number of methoxy groups -OCH3 is 2. The number of carbonyl (C=O) groups is 1. The number of nitrogens with zero attached hydrogens (tertiary/aromatic N) is 1. The van der Waals surface area contributed by atoms with Crippen LogP contribution in [0.1, 0.15) is 16.8 Å². The molecule has 6 nitrogen and oxygen atoms in total. The molecule has 1 amide bonds. The maximum atomic E-state index is 12.3. The molecule has 1 atom stereocenters. The molecular formula is C14H21N3O3. The van der Waals surface area contributed by atoms with Gasteiger partial charge in [0.2, 0.25) is 0 Å². The van der Waals surface area contributed by atoms with Gasteiger partial charge in [-0.2, -0.15) is 0 Å². The van der Waals surface area contributed by atoms with Gasteiger partial charge in [-0.05, 0) is 26.1 Å². The number of ether oxygens (including phenoxy) is 2. The molecule has 2 rings (SSSR count). The minimum Gasteiger partial charge on any atom is -0.493 e. The maximum Gasteiger partial charge on any atom is 0.253 e. The van der Waals surface area contributed by atoms with Crippen LogP contribution in [-0.4, -0.2) is 51.2 Å². The van der Waals surface area contributed by atoms with Crippen molar-refractivity contribution in [1.82, 2.24) is 10.2 Å². The summed E-state index contributed by atoms with van der Waals surface area (Å²) in [6, 6.07) is 3.39. The van der Waals surface area contributed by atoms with Crippen LogP contribution >= 0.6 is 0 Å². The van der Waals surface area contributed by atoms with Crippen molar-refractivity contribution in [3.8, 4) is 11.5 Å². The third kappa shape index (κ3) is 2.96. The third-order valence-corrected chi connectivity index (χ3v) is 3.53. The molecule has 0 aromatic heterocycles. The molecule has 1 unspecified atom stereocenters. The molecule has 0 radical (unpaired) electrons. The summed E-state index contributed by atoms with van der Waals surface area (Å²) in [7, 11) is 5.10. The summed E-state index contributed by atoms with van der Waals surface area (Å²) >= 11 is 0. The lowest BCUT2D eigenvalue weighted by molar-refractivity contribution is 0.0939. The molecule has 1 fully saturated rings. The monoisotopic (exact) mass is 279 g/mol. The number of benzene rings is 1. The van der Waals surface area contributed by atoms with E-state index in [-0.39, 0.29) is 11.9 Å². The van der Waals surface area contributed by atoms with E-state index in [0.717, 1.165) is 19.5 Å². The second kappa shape index (κ2) is 6.00. The third-order valence-electron chi connectivity index (χ3n) is 3.53. The van der Waals surface area contributed by atoms with Crippen LogP contribution in [0.5, 0.6) is 11.5 Å². The second-order valence-electron chi connectivity index (χ2n) is 5.02. The molecule has 0 spiro atoms. The van der Waals surface area contributed by atoms with Crippen LogP contribution in [0.4, 0.5) is 5.69 Å². The van der Waals surface area contributed by atoms with Gasteiger partial charge in [-0.1, -0.05) is 0 Å². The molecule has 1 aromatic rings. The molecule has 1 saturated heterocycles. The van der Waals surface area contributed by atoms with Gasteiger partial charge in [-0.25, -0.2) is 0 Å². The fourth-order valence-corrected chi connectivity index (χ4v) is 2.41. The molecular weight excluding hydrogens is 258 g/mol. The fraction of sp³-hybridized carbons (Fsp3) is 0.500. The minimum absolute atomic E-state index is 0.167. The zero-order valence-electron chi connectivity index (χ0n) is 12.1. The van der Waals surface area contributed by atoms with Gasteiger partial charge < -0.3 is 25.4 Å². The van der Waals surface area contributed by atoms with E-state index >= 15 is 0 Å². The van der Waals surface area contributed by atoms with Crippen molar-refractivity contribution in [2.75, 3.05) is 40.1 Å². The second-order valence-corrected chi connectivity index (χ2v) is 5.02. The van der Waals surface area contributed by atoms with Gasteiger partial charge in [0.1, 0.15) is 0 Å². The lowest BCUT2D eigenvalue weighted by atomic mass is 10.1. The van der Waals surface area contributed by atoms with Crippen molar-refractivity contribution in [2.24, 2.45) is 0 Å². The van der Waals surface area contributed by atoms with E-state index in [0.29, 0.717) is 22.7 Å². The Morgan fingerprint density at radius 2 is 2.00 bits per heavy atom. The molecule has 0 saturated carbocycles. The first-order chi connectivity index (χ1) is 9.55. The summed E-state index contributed by atoms with van der Waals surface area (Å²) in [5, 5.41) is 3.00. The summed E-state index contributed by atoms with van der Waals surface area (Å²) in [6.07, 6.45) is 0.954. The van der Waals surface area contributed by atoms with Gasteiger partial charge in [0.15, 0.2) is 11.5 Å². The average Bonchev–Trinajstić information content (AvgIpc) is 2.83. The van der Waals surface area contributed by atoms with Crippen molar-refractivity contribution >= 4 is 11.6 Å². The number of nitrogen functional groups attached to an aromatic ring is 1. The predicted molar refractivity (Wildman–Crippen MR) is 77.3 cm³/mol. The summed E-state index contributed by atoms with van der Waals surface area (Å²) < 4.78 is 10.4. The van der Waals surface area contributed by atoms with Gasteiger partial charge in [-0.3, -0.25) is 4.79 Å². The van der Waals surface area contributed by atoms with Gasteiger partial charge in [0, 0.05) is 24.3 Å². The quantitative estimate of drug-likeness (QED) is 0.794. The normalized spacial score (nSPS) is 18.9. The zero-order valence-corrected chi connectivity index (χ0v) is 12.1. The highest BCUT2D eigenvalue weighted by Gasteiger charge is 2.23. The van der Waals surface area contributed by atoms with Gasteiger partial charge in [0.25, 0.3) is 5.91 Å². The van der Waals surface area contributed by atoms with Crippen molar-refractivity contribution in [1.29, 1.82) is 0 Å². The number of rotatable bonds is 4. The molecule has 3 N–H and O–H groups in total. The van der Waals surface area contributed by atoms with Crippen LogP contribution in [0.25, 0.3) is 0 Å². The van der Waals surface area contributed by atoms with Crippen LogP contribution in [-0.2, 0) is 0 Å². The van der Waals surface area contributed by atoms with Crippen LogP contribution in [0.2, 0.25) is 0 Å². The first-order valence-electron chi connectivity index (χ1n) is 6.56. The van der Waals surface area contributed by atoms with E-state index in [9.17, 15) is 4.79 Å². The highest BCUT2D eigenvalue weighted by Crippen LogP contribution is 2.31. The maximum absolute atomic E-state index is 12.3. The molecule has 20 heavy (non-hydrogen) atoms. The highest BCUT2D eigenvalue weighted by molar-refractivity contribution is 6.00. The Morgan fingerprint density at radius 1 is 1.35 bits per heavy atom. The lowest BCUT2D eigenvalue weighted by Gasteiger charge is -2.15. The molecule has 0 bridgehead atoms. The van der Waals surface area contributed by atoms with Crippen molar-refractivity contribution < 1.29 is 14.3 Å². The van der Waals surface area contributed by atoms with E-state index < -0.39 is 0 Å². The topological polar surface area (TPSA) is 76.8 Å². The minimum atomic E-state index is -0.177. The number of carbonyl (C=O) groups excluding carboxylic acids is 1. The van der Waals surface area contributed by atoms with Gasteiger partial charge in [-0.15, -0.1) is 0 Å². The number of nitrogens with two attached hydrogens (primary N) is 1. The Hall–Kier alpha value is -1.95. The molecule has 1 aliphatic heterocycles. The van der Waals surface area contributed by atoms with Crippen LogP contribution in [0.3, 0.4) is 0 Å². The number of hydrogen-bond acceptors (Lipinski definition) is 5. The van der Waals surface area contributed by atoms with Crippen LogP contribution in [0, 0.1) is 0 Å². The summed E-state index contributed by atoms with van der Waals surface area (Å²) in [5.41, 5.74) is 6.71. The molecule has 110 valence electrons. The van der Waals surface area contributed by atoms with E-state index in [2.05, 4.69) is 10.2 Å². The molecule has 1 aromatic carbocycles. The average molecular weight is 279 g/mol. The largest absolute Gasteiger partial charge is 0.493 e. The SMILES string of the molecule is COc1cc(N)c(C(=O)NC2CCN(C)C2)cc1OC. The lowest BCUT2D eigenvalue weighted by Crippen LogP contribution is -2.36. The Bertz CT molecular complexity index is 505. The van der Waals surface area contributed by atoms with E-state index in [4.69, 9.17) is 15.2 Å². The Balaban J connectivity index is 2.17. The smallest absolute Gasteiger partial charge is 0.253 e. The first kappa shape index (κ1) is 14.5. The van der Waals surface area contributed by atoms with E-state index in [1.54, 1.807) is 12.1 Å². The standard InChI is InChI=1S/C14H21N3O3/c1-17-5-4-9(8-17)16-14(18)10-6-12(19-2)13(20-3)7-11(10)15/h6-7,9H,4-5,8,15H2,1-3H3,(H,16,18). The predicted octanol–water partition coefficient (Wildman–Crippen LogP) is 0.720. The summed E-state index contributed by atoms with van der Waals surface area (Å²) in [6.45, 7) is 1.85. The van der Waals surface area contributed by atoms with Gasteiger partial charge >= 0.3 is 0 Å². The van der Waals surface area contributed by atoms with Crippen molar-refractivity contribution in [2.45, 2.75) is 12.5 Å². The Morgan fingerprint density at radius 3 is 2.55 bits per heavy atom. The molecule has 0 aliphatic carbocycles. The van der Waals surface area contributed by atoms with Crippen molar-refractivity contribution in [3.63, 3.8) is 0 Å². The number of amides is 1. The molecule has 1 heterocycles. The Labute approximate surface area is 118 Å². The number of anilines is 1. The van der Waals surface area contributed by atoms with Crippen LogP contribution < -0.4 is 20.5 Å². The van der Waals surface area contributed by atoms with E-state index in [1.807, 2.05) is 7.05 Å². The fourth-order valence-electron chi connectivity index (χ4n) is 2.41. The van der Waals surface area contributed by atoms with Crippen LogP contribution in [0.15, 0.2) is 12.1 Å². The summed E-state index contributed by atoms with van der Waals surface area (Å²) in [5.74, 6) is 0.835. The number of likely N-dealkylation sites (tertiary alicyclic amines) is 1. The number of likely N-dealkylation sites (N-methyl/N-ethyl adjacent to an activating group) is 1. The number of nitrogens with one attached hydrogen (secondary N) is 1. The summed E-state index contributed by atoms with van der Waals surface area (Å²) in [4.78, 5) is 14.5. The van der Waals surface area contributed by atoms with Gasteiger partial charge in [0.05, 0.1) is 19.8 Å².